The summed E-state index contributed by atoms with van der Waals surface area (Å²) in [6, 6.07) is 29.5. The second-order valence-electron chi connectivity index (χ2n) is 15.7. The Balaban J connectivity index is 1.29. The van der Waals surface area contributed by atoms with Crippen LogP contribution in [-0.4, -0.2) is 98.1 Å². The van der Waals surface area contributed by atoms with Gasteiger partial charge in [0.25, 0.3) is 0 Å². The largest absolute Gasteiger partial charge is 0.437 e. The first-order valence-electron chi connectivity index (χ1n) is 19.2. The van der Waals surface area contributed by atoms with E-state index in [2.05, 4.69) is 72.8 Å². The van der Waals surface area contributed by atoms with Gasteiger partial charge in [-0.05, 0) is 107 Å². The predicted molar refractivity (Wildman–Crippen MR) is 227 cm³/mol. The third-order valence-corrected chi connectivity index (χ3v) is 20.9. The minimum atomic E-state index is -2.50. The van der Waals surface area contributed by atoms with E-state index in [1.165, 1.54) is 0 Å². The quantitative estimate of drug-likeness (QED) is 0.0339. The Morgan fingerprint density at radius 1 is 0.704 bits per heavy atom. The van der Waals surface area contributed by atoms with E-state index in [0.29, 0.717) is 31.9 Å². The highest BCUT2D eigenvalue weighted by molar-refractivity contribution is 6.87. The maximum absolute atomic E-state index is 13.7. The highest BCUT2D eigenvalue weighted by Crippen LogP contribution is 2.34. The number of nitrogens with one attached hydrogen (secondary N) is 5. The van der Waals surface area contributed by atoms with Crippen molar-refractivity contribution in [3.63, 3.8) is 0 Å². The molecule has 2 atom stereocenters. The molecule has 0 aliphatic carbocycles. The van der Waals surface area contributed by atoms with Gasteiger partial charge < -0.3 is 29.1 Å². The summed E-state index contributed by atoms with van der Waals surface area (Å²) >= 11 is 0. The van der Waals surface area contributed by atoms with Gasteiger partial charge in [-0.1, -0.05) is 61.5 Å². The Labute approximate surface area is 325 Å². The zero-order chi connectivity index (χ0) is 39.2. The first kappa shape index (κ1) is 42.9. The molecule has 1 heterocycles. The van der Waals surface area contributed by atoms with E-state index in [1.807, 2.05) is 95.9 Å². The molecule has 0 spiro atoms. The van der Waals surface area contributed by atoms with E-state index in [-0.39, 0.29) is 28.7 Å². The molecule has 0 aromatic heterocycles. The van der Waals surface area contributed by atoms with Crippen molar-refractivity contribution in [1.29, 1.82) is 0 Å². The zero-order valence-corrected chi connectivity index (χ0v) is 36.2. The number of benzene rings is 3. The molecule has 1 saturated heterocycles. The number of para-hydroxylation sites is 3. The van der Waals surface area contributed by atoms with Gasteiger partial charge in [-0.15, -0.1) is 0 Å². The van der Waals surface area contributed by atoms with Crippen LogP contribution in [0.15, 0.2) is 91.0 Å². The van der Waals surface area contributed by atoms with Gasteiger partial charge in [0.1, 0.15) is 0 Å². The summed E-state index contributed by atoms with van der Waals surface area (Å²) in [5, 5.41) is 15.3. The van der Waals surface area contributed by atoms with Gasteiger partial charge in [-0.25, -0.2) is 18.9 Å². The monoisotopic (exact) mass is 792 g/mol. The molecule has 5 N–H and O–H groups in total. The average molecular weight is 793 g/mol. The van der Waals surface area contributed by atoms with Crippen molar-refractivity contribution in [2.45, 2.75) is 77.3 Å². The molecule has 0 saturated carbocycles. The fourth-order valence-corrected chi connectivity index (χ4v) is 21.0. The Bertz CT molecular complexity index is 1640. The Morgan fingerprint density at radius 2 is 1.20 bits per heavy atom. The van der Waals surface area contributed by atoms with Gasteiger partial charge in [-0.3, -0.25) is 10.6 Å². The lowest BCUT2D eigenvalue weighted by Gasteiger charge is -2.39. The second-order valence-corrected chi connectivity index (χ2v) is 28.2. The van der Waals surface area contributed by atoms with Crippen LogP contribution in [0.4, 0.5) is 31.4 Å². The molecule has 4 rings (SSSR count). The Kier molecular flexibility index (Phi) is 15.6. The third-order valence-electron chi connectivity index (χ3n) is 9.43. The Morgan fingerprint density at radius 3 is 1.74 bits per heavy atom. The number of carbonyl (C=O) groups excluding carboxylic acids is 3. The van der Waals surface area contributed by atoms with E-state index in [9.17, 15) is 14.4 Å². The number of nitrogens with zero attached hydrogens (tertiary/aromatic N) is 2. The standard InChI is InChI=1S/C39H61N7O5Si3/c1-8-40-26-28-45(38(48)42-34-22-14-10-15-23-34)27-18-30-52(2,3)50-54(6,7)51-53(4,5)31-19-29-46(39(49)43-35-24-16-11-17-25-35)32-36(46)44-37(47)41-33-20-12-9-13-21-33/h9-17,20-25,36,40H,8,18-19,26-32H2,1-7H3,(H3-,41,42,43,44,47,48,49)/p+1. The molecule has 1 aliphatic rings. The van der Waals surface area contributed by atoms with Crippen LogP contribution in [0.5, 0.6) is 0 Å². The van der Waals surface area contributed by atoms with Crippen LogP contribution in [-0.2, 0) is 8.23 Å². The molecule has 1 aliphatic heterocycles. The molecule has 6 amide bonds. The minimum absolute atomic E-state index is 0.0908. The van der Waals surface area contributed by atoms with Crippen LogP contribution in [0.2, 0.25) is 51.4 Å². The van der Waals surface area contributed by atoms with E-state index in [1.54, 1.807) is 0 Å². The molecule has 3 aromatic rings. The number of amides is 6. The molecule has 3 aromatic carbocycles. The number of carbonyl (C=O) groups is 3. The van der Waals surface area contributed by atoms with E-state index in [4.69, 9.17) is 8.23 Å². The molecule has 15 heteroatoms. The highest BCUT2D eigenvalue weighted by atomic mass is 28.5. The molecule has 2 unspecified atom stereocenters. The van der Waals surface area contributed by atoms with Crippen molar-refractivity contribution in [3.8, 4) is 0 Å². The Hall–Kier alpha value is -3.84. The molecular weight excluding hydrogens is 731 g/mol. The number of hydrogen-bond donors (Lipinski definition) is 5. The number of hydrogen-bond acceptors (Lipinski definition) is 6. The number of quaternary nitrogens is 1. The van der Waals surface area contributed by atoms with E-state index >= 15 is 0 Å². The molecular formula is C39H62N7O5Si3+. The summed E-state index contributed by atoms with van der Waals surface area (Å²) < 4.78 is 14.0. The third kappa shape index (κ3) is 14.1. The topological polar surface area (TPSA) is 133 Å². The molecule has 0 bridgehead atoms. The second kappa shape index (κ2) is 19.7. The fraction of sp³-hybridized carbons (Fsp3) is 0.462. The molecule has 54 heavy (non-hydrogen) atoms. The summed E-state index contributed by atoms with van der Waals surface area (Å²) in [7, 11) is -6.83. The highest BCUT2D eigenvalue weighted by Gasteiger charge is 2.62. The number of rotatable bonds is 20. The van der Waals surface area contributed by atoms with Crippen molar-refractivity contribution in [2.24, 2.45) is 0 Å². The molecule has 1 fully saturated rings. The first-order valence-corrected chi connectivity index (χ1v) is 28.2. The van der Waals surface area contributed by atoms with Gasteiger partial charge in [0.2, 0.25) is 6.17 Å². The van der Waals surface area contributed by atoms with E-state index < -0.39 is 25.2 Å². The van der Waals surface area contributed by atoms with Crippen molar-refractivity contribution in [1.82, 2.24) is 15.5 Å². The van der Waals surface area contributed by atoms with Gasteiger partial charge >= 0.3 is 26.7 Å². The molecule has 294 valence electrons. The first-order chi connectivity index (χ1) is 25.6. The lowest BCUT2D eigenvalue weighted by molar-refractivity contribution is -0.726. The van der Waals surface area contributed by atoms with Crippen LogP contribution in [0, 0.1) is 0 Å². The SMILES string of the molecule is CCNCCN(CCC[Si](C)(C)O[Si](C)(C)O[Si](C)(C)CCC[N+]1(C(=O)Nc2ccccc2)CC1NC(=O)Nc1ccccc1)C(=O)Nc1ccccc1. The van der Waals surface area contributed by atoms with Crippen LogP contribution >= 0.6 is 0 Å². The molecule has 0 radical (unpaired) electrons. The number of urea groups is 3. The van der Waals surface area contributed by atoms with Crippen LogP contribution in [0.1, 0.15) is 19.8 Å². The maximum Gasteiger partial charge on any atom is 0.423 e. The zero-order valence-electron chi connectivity index (χ0n) is 33.2. The van der Waals surface area contributed by atoms with Gasteiger partial charge in [0, 0.05) is 36.7 Å². The maximum atomic E-state index is 13.7. The van der Waals surface area contributed by atoms with Crippen LogP contribution < -0.4 is 26.6 Å². The van der Waals surface area contributed by atoms with Crippen LogP contribution in [0.25, 0.3) is 0 Å². The average Bonchev–Trinajstić information content (AvgIpc) is 3.80. The smallest absolute Gasteiger partial charge is 0.423 e. The van der Waals surface area contributed by atoms with Crippen molar-refractivity contribution in [3.05, 3.63) is 91.0 Å². The lowest BCUT2D eigenvalue weighted by Crippen LogP contribution is -2.53. The van der Waals surface area contributed by atoms with Crippen molar-refractivity contribution >= 4 is 60.4 Å². The summed E-state index contributed by atoms with van der Waals surface area (Å²) in [6.07, 6.45) is 1.30. The van der Waals surface area contributed by atoms with Gasteiger partial charge in [0.15, 0.2) is 23.2 Å². The van der Waals surface area contributed by atoms with Crippen molar-refractivity contribution < 1.29 is 27.1 Å². The minimum Gasteiger partial charge on any atom is -0.437 e. The number of anilines is 3. The van der Waals surface area contributed by atoms with Crippen LogP contribution in [0.3, 0.4) is 0 Å². The summed E-state index contributed by atoms with van der Waals surface area (Å²) in [6.45, 7) is 19.3. The predicted octanol–water partition coefficient (Wildman–Crippen LogP) is 8.27. The summed E-state index contributed by atoms with van der Waals surface area (Å²) in [5.74, 6) is 0. The summed E-state index contributed by atoms with van der Waals surface area (Å²) in [4.78, 5) is 41.7. The fourth-order valence-electron chi connectivity index (χ4n) is 6.97. The van der Waals surface area contributed by atoms with Crippen molar-refractivity contribution in [2.75, 3.05) is 55.2 Å². The molecule has 12 nitrogen and oxygen atoms in total. The lowest BCUT2D eigenvalue weighted by atomic mass is 10.3. The number of likely N-dealkylation sites (N-methyl/N-ethyl adjacent to an activating group) is 1. The van der Waals surface area contributed by atoms with Gasteiger partial charge in [-0.2, -0.15) is 0 Å². The van der Waals surface area contributed by atoms with E-state index in [0.717, 1.165) is 49.4 Å². The summed E-state index contributed by atoms with van der Waals surface area (Å²) in [5.41, 5.74) is 2.21. The van der Waals surface area contributed by atoms with Gasteiger partial charge in [0.05, 0.1) is 6.54 Å². The normalized spacial score (nSPS) is 17.0.